The minimum Gasteiger partial charge on any atom is -0.229 e. The van der Waals surface area contributed by atoms with E-state index in [1.807, 2.05) is 0 Å². The van der Waals surface area contributed by atoms with Crippen molar-refractivity contribution in [1.29, 1.82) is 0 Å². The molecule has 0 radical (unpaired) electrons. The zero-order valence-electron chi connectivity index (χ0n) is 11.8. The quantitative estimate of drug-likeness (QED) is 0.617. The van der Waals surface area contributed by atoms with E-state index in [1.165, 1.54) is 0 Å². The standard InChI is InChI=1S/C14H27BrO2S/c1-3-9-14(11-15,10-4-2)12-18(16,17)13-7-5-6-8-13/h13H,3-12H2,1-2H3. The van der Waals surface area contributed by atoms with Gasteiger partial charge in [-0.1, -0.05) is 55.5 Å². The van der Waals surface area contributed by atoms with Crippen LogP contribution in [0.2, 0.25) is 0 Å². The molecule has 0 aromatic rings. The number of rotatable bonds is 8. The molecule has 108 valence electrons. The van der Waals surface area contributed by atoms with Crippen molar-refractivity contribution in [3.63, 3.8) is 0 Å². The second kappa shape index (κ2) is 7.28. The van der Waals surface area contributed by atoms with E-state index in [0.717, 1.165) is 56.7 Å². The van der Waals surface area contributed by atoms with Crippen LogP contribution in [-0.2, 0) is 9.84 Å². The highest BCUT2D eigenvalue weighted by molar-refractivity contribution is 9.09. The predicted molar refractivity (Wildman–Crippen MR) is 82.1 cm³/mol. The van der Waals surface area contributed by atoms with Crippen LogP contribution in [0.3, 0.4) is 0 Å². The molecule has 0 aromatic carbocycles. The van der Waals surface area contributed by atoms with Crippen LogP contribution >= 0.6 is 15.9 Å². The lowest BCUT2D eigenvalue weighted by Crippen LogP contribution is -2.36. The fourth-order valence-corrected chi connectivity index (χ4v) is 6.85. The molecule has 0 unspecified atom stereocenters. The van der Waals surface area contributed by atoms with Crippen molar-refractivity contribution in [2.24, 2.45) is 5.41 Å². The lowest BCUT2D eigenvalue weighted by atomic mass is 9.83. The largest absolute Gasteiger partial charge is 0.229 e. The van der Waals surface area contributed by atoms with Crippen molar-refractivity contribution >= 4 is 25.8 Å². The van der Waals surface area contributed by atoms with E-state index < -0.39 is 9.84 Å². The van der Waals surface area contributed by atoms with Gasteiger partial charge in [0.25, 0.3) is 0 Å². The predicted octanol–water partition coefficient (Wildman–Crippen LogP) is 4.33. The van der Waals surface area contributed by atoms with Crippen LogP contribution in [0.4, 0.5) is 0 Å². The van der Waals surface area contributed by atoms with Gasteiger partial charge in [0.15, 0.2) is 9.84 Å². The summed E-state index contributed by atoms with van der Waals surface area (Å²) in [5.41, 5.74) is -0.0368. The van der Waals surface area contributed by atoms with Crippen molar-refractivity contribution in [1.82, 2.24) is 0 Å². The first-order valence-electron chi connectivity index (χ1n) is 7.27. The smallest absolute Gasteiger partial charge is 0.153 e. The molecule has 0 atom stereocenters. The first kappa shape index (κ1) is 16.5. The van der Waals surface area contributed by atoms with Gasteiger partial charge in [-0.25, -0.2) is 8.42 Å². The molecule has 2 nitrogen and oxygen atoms in total. The number of hydrogen-bond acceptors (Lipinski definition) is 2. The van der Waals surface area contributed by atoms with E-state index in [-0.39, 0.29) is 10.7 Å². The van der Waals surface area contributed by atoms with Gasteiger partial charge >= 0.3 is 0 Å². The van der Waals surface area contributed by atoms with E-state index in [4.69, 9.17) is 0 Å². The van der Waals surface area contributed by atoms with Gasteiger partial charge in [0.2, 0.25) is 0 Å². The summed E-state index contributed by atoms with van der Waals surface area (Å²) in [4.78, 5) is 0. The summed E-state index contributed by atoms with van der Waals surface area (Å²) in [6.45, 7) is 4.30. The SMILES string of the molecule is CCCC(CBr)(CCC)CS(=O)(=O)C1CCCC1. The average Bonchev–Trinajstić information content (AvgIpc) is 2.83. The molecule has 4 heteroatoms. The molecule has 0 heterocycles. The summed E-state index contributed by atoms with van der Waals surface area (Å²) >= 11 is 3.57. The second-order valence-electron chi connectivity index (χ2n) is 5.85. The average molecular weight is 339 g/mol. The Morgan fingerprint density at radius 3 is 2.00 bits per heavy atom. The number of sulfone groups is 1. The van der Waals surface area contributed by atoms with Crippen LogP contribution in [0.5, 0.6) is 0 Å². The molecule has 0 amide bonds. The molecule has 0 saturated heterocycles. The van der Waals surface area contributed by atoms with Crippen LogP contribution in [0.1, 0.15) is 65.2 Å². The van der Waals surface area contributed by atoms with Gasteiger partial charge in [-0.2, -0.15) is 0 Å². The molecule has 0 N–H and O–H groups in total. The van der Waals surface area contributed by atoms with Gasteiger partial charge in [0, 0.05) is 5.33 Å². The normalized spacial score (nSPS) is 18.4. The molecule has 0 aromatic heterocycles. The van der Waals surface area contributed by atoms with Gasteiger partial charge in [0.05, 0.1) is 11.0 Å². The fourth-order valence-electron chi connectivity index (χ4n) is 3.29. The van der Waals surface area contributed by atoms with Gasteiger partial charge < -0.3 is 0 Å². The molecule has 0 aliphatic heterocycles. The Labute approximate surface area is 121 Å². The topological polar surface area (TPSA) is 34.1 Å². The third kappa shape index (κ3) is 4.22. The number of alkyl halides is 1. The molecule has 1 rings (SSSR count). The van der Waals surface area contributed by atoms with E-state index in [1.54, 1.807) is 0 Å². The molecule has 1 aliphatic rings. The third-order valence-corrected chi connectivity index (χ3v) is 7.85. The Morgan fingerprint density at radius 2 is 1.61 bits per heavy atom. The van der Waals surface area contributed by atoms with Crippen LogP contribution < -0.4 is 0 Å². The summed E-state index contributed by atoms with van der Waals surface area (Å²) in [5, 5.41) is 0.762. The summed E-state index contributed by atoms with van der Waals surface area (Å²) in [5.74, 6) is 0.387. The van der Waals surface area contributed by atoms with E-state index in [2.05, 4.69) is 29.8 Å². The number of halogens is 1. The highest BCUT2D eigenvalue weighted by Crippen LogP contribution is 2.37. The van der Waals surface area contributed by atoms with Crippen molar-refractivity contribution in [2.75, 3.05) is 11.1 Å². The summed E-state index contributed by atoms with van der Waals surface area (Å²) in [7, 11) is -2.90. The molecule has 18 heavy (non-hydrogen) atoms. The van der Waals surface area contributed by atoms with Crippen LogP contribution in [0, 0.1) is 5.41 Å². The van der Waals surface area contributed by atoms with Crippen LogP contribution in [0.15, 0.2) is 0 Å². The zero-order chi connectivity index (χ0) is 13.6. The molecule has 1 fully saturated rings. The van der Waals surface area contributed by atoms with Gasteiger partial charge in [0.1, 0.15) is 0 Å². The first-order chi connectivity index (χ1) is 8.49. The Bertz CT molecular complexity index is 326. The Morgan fingerprint density at radius 1 is 1.11 bits per heavy atom. The molecule has 1 aliphatic carbocycles. The summed E-state index contributed by atoms with van der Waals surface area (Å²) in [6.07, 6.45) is 8.10. The number of hydrogen-bond donors (Lipinski definition) is 0. The minimum atomic E-state index is -2.90. The second-order valence-corrected chi connectivity index (χ2v) is 8.69. The minimum absolute atomic E-state index is 0.0368. The molecule has 0 spiro atoms. The first-order valence-corrected chi connectivity index (χ1v) is 10.1. The van der Waals surface area contributed by atoms with E-state index in [9.17, 15) is 8.42 Å². The van der Waals surface area contributed by atoms with Crippen LogP contribution in [-0.4, -0.2) is 24.8 Å². The Balaban J connectivity index is 2.80. The molecule has 0 bridgehead atoms. The highest BCUT2D eigenvalue weighted by atomic mass is 79.9. The van der Waals surface area contributed by atoms with Crippen LogP contribution in [0.25, 0.3) is 0 Å². The summed E-state index contributed by atoms with van der Waals surface area (Å²) in [6, 6.07) is 0. The maximum atomic E-state index is 12.5. The van der Waals surface area contributed by atoms with Crippen molar-refractivity contribution in [3.05, 3.63) is 0 Å². The summed E-state index contributed by atoms with van der Waals surface area (Å²) < 4.78 is 25.1. The lowest BCUT2D eigenvalue weighted by Gasteiger charge is -2.32. The zero-order valence-corrected chi connectivity index (χ0v) is 14.2. The van der Waals surface area contributed by atoms with E-state index >= 15 is 0 Å². The van der Waals surface area contributed by atoms with Crippen molar-refractivity contribution in [2.45, 2.75) is 70.5 Å². The van der Waals surface area contributed by atoms with Crippen molar-refractivity contribution < 1.29 is 8.42 Å². The Hall–Kier alpha value is 0.430. The van der Waals surface area contributed by atoms with Gasteiger partial charge in [-0.3, -0.25) is 0 Å². The van der Waals surface area contributed by atoms with Gasteiger partial charge in [-0.15, -0.1) is 0 Å². The lowest BCUT2D eigenvalue weighted by molar-refractivity contribution is 0.313. The molecular formula is C14H27BrO2S. The highest BCUT2D eigenvalue weighted by Gasteiger charge is 2.37. The van der Waals surface area contributed by atoms with Gasteiger partial charge in [-0.05, 0) is 31.1 Å². The molecule has 1 saturated carbocycles. The third-order valence-electron chi connectivity index (χ3n) is 4.16. The molecular weight excluding hydrogens is 312 g/mol. The Kier molecular flexibility index (Phi) is 6.66. The van der Waals surface area contributed by atoms with E-state index in [0.29, 0.717) is 5.75 Å². The maximum absolute atomic E-state index is 12.5. The monoisotopic (exact) mass is 338 g/mol. The maximum Gasteiger partial charge on any atom is 0.153 e. The fraction of sp³-hybridized carbons (Fsp3) is 1.00. The van der Waals surface area contributed by atoms with Crippen molar-refractivity contribution in [3.8, 4) is 0 Å².